The Morgan fingerprint density at radius 2 is 2.07 bits per heavy atom. The van der Waals surface area contributed by atoms with Crippen molar-refractivity contribution in [2.45, 2.75) is 46.0 Å². The Bertz CT molecular complexity index is 222. The fourth-order valence-electron chi connectivity index (χ4n) is 1.13. The van der Waals surface area contributed by atoms with Crippen molar-refractivity contribution in [1.29, 1.82) is 0 Å². The Morgan fingerprint density at radius 3 is 2.57 bits per heavy atom. The normalized spacial score (nSPS) is 9.07. The van der Waals surface area contributed by atoms with Gasteiger partial charge >= 0.3 is 5.97 Å². The van der Waals surface area contributed by atoms with Crippen molar-refractivity contribution in [3.05, 3.63) is 17.4 Å². The van der Waals surface area contributed by atoms with E-state index in [0.29, 0.717) is 5.57 Å². The average Bonchev–Trinajstić information content (AvgIpc) is 2.22. The molecule has 0 atom stereocenters. The molecular weight excluding hydrogens is 176 g/mol. The number of esters is 1. The molecule has 2 heteroatoms. The SMILES string of the molecule is CCC=C=C(CCCCC)C(=O)OC. The van der Waals surface area contributed by atoms with E-state index in [9.17, 15) is 4.79 Å². The van der Waals surface area contributed by atoms with Gasteiger partial charge in [-0.25, -0.2) is 4.79 Å². The summed E-state index contributed by atoms with van der Waals surface area (Å²) in [4.78, 5) is 11.3. The Kier molecular flexibility index (Phi) is 7.96. The van der Waals surface area contributed by atoms with Gasteiger partial charge in [0, 0.05) is 0 Å². The molecule has 0 spiro atoms. The highest BCUT2D eigenvalue weighted by Crippen LogP contribution is 2.09. The number of methoxy groups -OCH3 is 1. The van der Waals surface area contributed by atoms with Crippen LogP contribution in [0.4, 0.5) is 0 Å². The molecule has 0 saturated heterocycles. The number of rotatable bonds is 6. The molecule has 80 valence electrons. The van der Waals surface area contributed by atoms with E-state index in [1.165, 1.54) is 7.11 Å². The van der Waals surface area contributed by atoms with Gasteiger partial charge in [0.2, 0.25) is 0 Å². The molecule has 14 heavy (non-hydrogen) atoms. The molecule has 0 fully saturated rings. The van der Waals surface area contributed by atoms with Crippen LogP contribution in [0.5, 0.6) is 0 Å². The number of carbonyl (C=O) groups excluding carboxylic acids is 1. The van der Waals surface area contributed by atoms with Crippen LogP contribution in [0.3, 0.4) is 0 Å². The Labute approximate surface area is 86.6 Å². The molecular formula is C12H20O2. The molecule has 0 aromatic carbocycles. The fraction of sp³-hybridized carbons (Fsp3) is 0.667. The summed E-state index contributed by atoms with van der Waals surface area (Å²) in [6, 6.07) is 0. The highest BCUT2D eigenvalue weighted by Gasteiger charge is 2.07. The van der Waals surface area contributed by atoms with Gasteiger partial charge in [0.15, 0.2) is 0 Å². The summed E-state index contributed by atoms with van der Waals surface area (Å²) in [6.45, 7) is 4.16. The van der Waals surface area contributed by atoms with Gasteiger partial charge in [-0.2, -0.15) is 0 Å². The number of unbranched alkanes of at least 4 members (excludes halogenated alkanes) is 2. The standard InChI is InChI=1S/C12H20O2/c1-4-6-8-10-11(9-7-5-2)12(13)14-3/h7H,4-6,8,10H2,1-3H3. The lowest BCUT2D eigenvalue weighted by molar-refractivity contribution is -0.136. The first-order valence-electron chi connectivity index (χ1n) is 5.28. The van der Waals surface area contributed by atoms with Gasteiger partial charge in [-0.15, -0.1) is 5.73 Å². The molecule has 0 rings (SSSR count). The molecule has 0 aromatic rings. The van der Waals surface area contributed by atoms with Gasteiger partial charge in [0.1, 0.15) is 0 Å². The summed E-state index contributed by atoms with van der Waals surface area (Å²) >= 11 is 0. The molecule has 2 nitrogen and oxygen atoms in total. The Morgan fingerprint density at radius 1 is 1.36 bits per heavy atom. The minimum absolute atomic E-state index is 0.245. The van der Waals surface area contributed by atoms with E-state index in [0.717, 1.165) is 32.1 Å². The zero-order valence-electron chi connectivity index (χ0n) is 9.43. The van der Waals surface area contributed by atoms with Crippen molar-refractivity contribution in [3.8, 4) is 0 Å². The quantitative estimate of drug-likeness (QED) is 0.282. The van der Waals surface area contributed by atoms with Gasteiger partial charge < -0.3 is 4.74 Å². The van der Waals surface area contributed by atoms with E-state index < -0.39 is 0 Å². The lowest BCUT2D eigenvalue weighted by atomic mass is 10.1. The molecule has 0 aliphatic rings. The first-order valence-corrected chi connectivity index (χ1v) is 5.28. The van der Waals surface area contributed by atoms with Gasteiger partial charge in [-0.3, -0.25) is 0 Å². The second kappa shape index (κ2) is 8.58. The predicted molar refractivity (Wildman–Crippen MR) is 58.0 cm³/mol. The van der Waals surface area contributed by atoms with E-state index in [-0.39, 0.29) is 5.97 Å². The number of carbonyl (C=O) groups is 1. The molecule has 0 aromatic heterocycles. The molecule has 0 heterocycles. The number of ether oxygens (including phenoxy) is 1. The Hall–Kier alpha value is -1.01. The van der Waals surface area contributed by atoms with Crippen LogP contribution in [0, 0.1) is 0 Å². The lowest BCUT2D eigenvalue weighted by Crippen LogP contribution is -2.03. The molecule has 0 N–H and O–H groups in total. The van der Waals surface area contributed by atoms with Gasteiger partial charge in [0.25, 0.3) is 0 Å². The van der Waals surface area contributed by atoms with Crippen molar-refractivity contribution in [2.75, 3.05) is 7.11 Å². The summed E-state index contributed by atoms with van der Waals surface area (Å²) in [5.41, 5.74) is 3.67. The van der Waals surface area contributed by atoms with E-state index in [1.54, 1.807) is 0 Å². The smallest absolute Gasteiger partial charge is 0.341 e. The molecule has 0 aliphatic heterocycles. The molecule has 0 radical (unpaired) electrons. The third-order valence-corrected chi connectivity index (χ3v) is 1.94. The largest absolute Gasteiger partial charge is 0.465 e. The van der Waals surface area contributed by atoms with Crippen LogP contribution in [0.1, 0.15) is 46.0 Å². The minimum atomic E-state index is -0.245. The van der Waals surface area contributed by atoms with Crippen LogP contribution in [-0.4, -0.2) is 13.1 Å². The molecule has 0 bridgehead atoms. The van der Waals surface area contributed by atoms with Crippen LogP contribution in [0.2, 0.25) is 0 Å². The second-order valence-electron chi connectivity index (χ2n) is 3.18. The zero-order chi connectivity index (χ0) is 10.8. The summed E-state index contributed by atoms with van der Waals surface area (Å²) in [7, 11) is 1.41. The fourth-order valence-corrected chi connectivity index (χ4v) is 1.13. The van der Waals surface area contributed by atoms with Crippen LogP contribution in [0.15, 0.2) is 17.4 Å². The maximum Gasteiger partial charge on any atom is 0.341 e. The topological polar surface area (TPSA) is 26.3 Å². The van der Waals surface area contributed by atoms with Crippen LogP contribution >= 0.6 is 0 Å². The molecule has 0 aliphatic carbocycles. The van der Waals surface area contributed by atoms with Gasteiger partial charge in [0.05, 0.1) is 12.7 Å². The van der Waals surface area contributed by atoms with E-state index in [1.807, 2.05) is 13.0 Å². The van der Waals surface area contributed by atoms with Gasteiger partial charge in [-0.1, -0.05) is 26.7 Å². The van der Waals surface area contributed by atoms with Crippen molar-refractivity contribution >= 4 is 5.97 Å². The monoisotopic (exact) mass is 196 g/mol. The van der Waals surface area contributed by atoms with Crippen LogP contribution in [-0.2, 0) is 9.53 Å². The van der Waals surface area contributed by atoms with Crippen molar-refractivity contribution in [2.24, 2.45) is 0 Å². The number of hydrogen-bond donors (Lipinski definition) is 0. The third kappa shape index (κ3) is 5.60. The zero-order valence-corrected chi connectivity index (χ0v) is 9.43. The first kappa shape index (κ1) is 13.0. The van der Waals surface area contributed by atoms with E-state index in [2.05, 4.69) is 17.4 Å². The van der Waals surface area contributed by atoms with E-state index >= 15 is 0 Å². The Balaban J connectivity index is 4.26. The summed E-state index contributed by atoms with van der Waals surface area (Å²) in [5, 5.41) is 0. The van der Waals surface area contributed by atoms with Gasteiger partial charge in [-0.05, 0) is 25.3 Å². The van der Waals surface area contributed by atoms with Crippen molar-refractivity contribution < 1.29 is 9.53 Å². The first-order chi connectivity index (χ1) is 6.76. The van der Waals surface area contributed by atoms with Crippen molar-refractivity contribution in [1.82, 2.24) is 0 Å². The van der Waals surface area contributed by atoms with Crippen LogP contribution < -0.4 is 0 Å². The molecule has 0 saturated carbocycles. The summed E-state index contributed by atoms with van der Waals surface area (Å²) in [5.74, 6) is -0.245. The van der Waals surface area contributed by atoms with Crippen molar-refractivity contribution in [3.63, 3.8) is 0 Å². The van der Waals surface area contributed by atoms with Crippen LogP contribution in [0.25, 0.3) is 0 Å². The summed E-state index contributed by atoms with van der Waals surface area (Å²) in [6.07, 6.45) is 6.88. The average molecular weight is 196 g/mol. The predicted octanol–water partition coefficient (Wildman–Crippen LogP) is 3.23. The highest BCUT2D eigenvalue weighted by atomic mass is 16.5. The summed E-state index contributed by atoms with van der Waals surface area (Å²) < 4.78 is 4.68. The third-order valence-electron chi connectivity index (χ3n) is 1.94. The molecule has 0 unspecified atom stereocenters. The van der Waals surface area contributed by atoms with E-state index in [4.69, 9.17) is 0 Å². The number of hydrogen-bond acceptors (Lipinski definition) is 2. The maximum atomic E-state index is 11.3. The lowest BCUT2D eigenvalue weighted by Gasteiger charge is -2.01. The second-order valence-corrected chi connectivity index (χ2v) is 3.18. The molecule has 0 amide bonds. The highest BCUT2D eigenvalue weighted by molar-refractivity contribution is 5.87. The minimum Gasteiger partial charge on any atom is -0.465 e. The maximum absolute atomic E-state index is 11.3.